The van der Waals surface area contributed by atoms with E-state index in [4.69, 9.17) is 0 Å². The second-order valence-electron chi connectivity index (χ2n) is 9.97. The fourth-order valence-electron chi connectivity index (χ4n) is 7.08. The normalized spacial score (nSPS) is 54.3. The summed E-state index contributed by atoms with van der Waals surface area (Å²) in [6, 6.07) is 0. The first-order valence-corrected chi connectivity index (χ1v) is 9.57. The van der Waals surface area contributed by atoms with Crippen molar-refractivity contribution in [2.75, 3.05) is 0 Å². The third-order valence-corrected chi connectivity index (χ3v) is 9.03. The van der Waals surface area contributed by atoms with Crippen molar-refractivity contribution in [3.05, 3.63) is 12.7 Å². The molecule has 0 aromatic rings. The van der Waals surface area contributed by atoms with Gasteiger partial charge in [0.2, 0.25) is 0 Å². The molecular formula is C21H32O2. The van der Waals surface area contributed by atoms with E-state index in [0.717, 1.165) is 12.8 Å². The van der Waals surface area contributed by atoms with Crippen LogP contribution in [0.5, 0.6) is 0 Å². The summed E-state index contributed by atoms with van der Waals surface area (Å²) < 4.78 is 0. The van der Waals surface area contributed by atoms with E-state index < -0.39 is 6.10 Å². The summed E-state index contributed by atoms with van der Waals surface area (Å²) in [6.07, 6.45) is 10.3. The molecule has 1 N–H and O–H groups in total. The minimum atomic E-state index is -0.709. The van der Waals surface area contributed by atoms with Crippen molar-refractivity contribution in [1.82, 2.24) is 0 Å². The predicted octanol–water partition coefficient (Wildman–Crippen LogP) is 4.52. The minimum Gasteiger partial charge on any atom is -0.385 e. The van der Waals surface area contributed by atoms with Crippen LogP contribution in [0.4, 0.5) is 0 Å². The van der Waals surface area contributed by atoms with Crippen molar-refractivity contribution in [3.8, 4) is 0 Å². The molecular weight excluding hydrogens is 284 g/mol. The van der Waals surface area contributed by atoms with Gasteiger partial charge in [-0.15, -0.1) is 6.58 Å². The molecule has 4 aliphatic rings. The van der Waals surface area contributed by atoms with Crippen LogP contribution in [0.2, 0.25) is 0 Å². The van der Waals surface area contributed by atoms with Crippen LogP contribution in [0.3, 0.4) is 0 Å². The Bertz CT molecular complexity index is 562. The highest BCUT2D eigenvalue weighted by atomic mass is 16.3. The monoisotopic (exact) mass is 316 g/mol. The third-order valence-electron chi connectivity index (χ3n) is 9.03. The standard InChI is InChI=1S/C21H32O2/c1-5-18(2)8-9-19(3)14(13-18)6-7-20(4)16(19)12-15(22)17(23)21(20)10-11-21/h5,14-16,22H,1,6-13H2,2-4H3. The molecule has 0 aliphatic heterocycles. The summed E-state index contributed by atoms with van der Waals surface area (Å²) in [5, 5.41) is 10.5. The average molecular weight is 316 g/mol. The molecule has 0 heterocycles. The second kappa shape index (κ2) is 4.50. The Morgan fingerprint density at radius 1 is 1.13 bits per heavy atom. The summed E-state index contributed by atoms with van der Waals surface area (Å²) >= 11 is 0. The molecule has 2 heteroatoms. The van der Waals surface area contributed by atoms with Gasteiger partial charge in [0.1, 0.15) is 6.10 Å². The Hall–Kier alpha value is -0.630. The number of allylic oxidation sites excluding steroid dienone is 1. The molecule has 0 aromatic heterocycles. The molecule has 4 fully saturated rings. The Morgan fingerprint density at radius 3 is 2.43 bits per heavy atom. The topological polar surface area (TPSA) is 37.3 Å². The number of hydrogen-bond donors (Lipinski definition) is 1. The van der Waals surface area contributed by atoms with Crippen LogP contribution in [-0.2, 0) is 4.79 Å². The lowest BCUT2D eigenvalue weighted by atomic mass is 9.40. The van der Waals surface area contributed by atoms with E-state index in [0.29, 0.717) is 18.3 Å². The van der Waals surface area contributed by atoms with E-state index >= 15 is 0 Å². The van der Waals surface area contributed by atoms with E-state index in [1.807, 2.05) is 0 Å². The van der Waals surface area contributed by atoms with E-state index in [1.54, 1.807) is 0 Å². The quantitative estimate of drug-likeness (QED) is 0.722. The van der Waals surface area contributed by atoms with E-state index in [9.17, 15) is 9.90 Å². The SMILES string of the molecule is C=CC1(C)CCC2(C)C(CCC3(C)C2CC(O)C(=O)C32CC2)C1. The molecule has 23 heavy (non-hydrogen) atoms. The molecule has 0 radical (unpaired) electrons. The van der Waals surface area contributed by atoms with Gasteiger partial charge in [0, 0.05) is 5.41 Å². The number of fused-ring (bicyclic) bond motifs is 4. The van der Waals surface area contributed by atoms with Gasteiger partial charge in [0.25, 0.3) is 0 Å². The fourth-order valence-corrected chi connectivity index (χ4v) is 7.08. The zero-order chi connectivity index (χ0) is 16.7. The maximum atomic E-state index is 12.7. The van der Waals surface area contributed by atoms with Crippen LogP contribution in [0.25, 0.3) is 0 Å². The van der Waals surface area contributed by atoms with E-state index in [-0.39, 0.29) is 27.4 Å². The lowest BCUT2D eigenvalue weighted by Gasteiger charge is -2.64. The zero-order valence-corrected chi connectivity index (χ0v) is 15.0. The molecule has 0 aromatic carbocycles. The van der Waals surface area contributed by atoms with Crippen LogP contribution in [0, 0.1) is 33.5 Å². The van der Waals surface area contributed by atoms with Crippen molar-refractivity contribution < 1.29 is 9.90 Å². The number of rotatable bonds is 1. The average Bonchev–Trinajstić information content (AvgIpc) is 3.32. The van der Waals surface area contributed by atoms with Crippen molar-refractivity contribution in [1.29, 1.82) is 0 Å². The van der Waals surface area contributed by atoms with Crippen LogP contribution in [0.15, 0.2) is 12.7 Å². The van der Waals surface area contributed by atoms with Gasteiger partial charge in [-0.3, -0.25) is 4.79 Å². The highest BCUT2D eigenvalue weighted by Gasteiger charge is 2.72. The van der Waals surface area contributed by atoms with Gasteiger partial charge in [-0.1, -0.05) is 26.8 Å². The molecule has 0 saturated heterocycles. The largest absolute Gasteiger partial charge is 0.385 e. The minimum absolute atomic E-state index is 0.122. The molecule has 1 spiro atoms. The molecule has 2 nitrogen and oxygen atoms in total. The summed E-state index contributed by atoms with van der Waals surface area (Å²) in [5.41, 5.74) is 0.504. The highest BCUT2D eigenvalue weighted by molar-refractivity contribution is 5.93. The summed E-state index contributed by atoms with van der Waals surface area (Å²) in [4.78, 5) is 12.7. The Morgan fingerprint density at radius 2 is 1.83 bits per heavy atom. The van der Waals surface area contributed by atoms with Crippen molar-refractivity contribution in [2.45, 2.75) is 78.2 Å². The Labute approximate surface area is 140 Å². The molecule has 0 bridgehead atoms. The van der Waals surface area contributed by atoms with Gasteiger partial charge in [-0.2, -0.15) is 0 Å². The molecule has 128 valence electrons. The second-order valence-corrected chi connectivity index (χ2v) is 9.97. The number of aliphatic hydroxyl groups excluding tert-OH is 1. The Kier molecular flexibility index (Phi) is 3.11. The molecule has 6 atom stereocenters. The van der Waals surface area contributed by atoms with Gasteiger partial charge >= 0.3 is 0 Å². The third kappa shape index (κ3) is 1.82. The molecule has 0 amide bonds. The number of carbonyl (C=O) groups is 1. The zero-order valence-electron chi connectivity index (χ0n) is 15.0. The van der Waals surface area contributed by atoms with Crippen LogP contribution < -0.4 is 0 Å². The lowest BCUT2D eigenvalue weighted by molar-refractivity contribution is -0.181. The highest BCUT2D eigenvalue weighted by Crippen LogP contribution is 2.75. The number of hydrogen-bond acceptors (Lipinski definition) is 2. The van der Waals surface area contributed by atoms with E-state index in [1.165, 1.54) is 32.1 Å². The number of carbonyl (C=O) groups excluding carboxylic acids is 1. The first-order valence-electron chi connectivity index (χ1n) is 9.57. The van der Waals surface area contributed by atoms with Crippen molar-refractivity contribution in [2.24, 2.45) is 33.5 Å². The van der Waals surface area contributed by atoms with Gasteiger partial charge in [0.15, 0.2) is 5.78 Å². The number of Topliss-reactive ketones (excluding diaryl/α,β-unsaturated/α-hetero) is 1. The maximum absolute atomic E-state index is 12.7. The molecule has 6 unspecified atom stereocenters. The number of aliphatic hydroxyl groups is 1. The van der Waals surface area contributed by atoms with Crippen molar-refractivity contribution >= 4 is 5.78 Å². The predicted molar refractivity (Wildman–Crippen MR) is 91.9 cm³/mol. The molecule has 4 saturated carbocycles. The lowest BCUT2D eigenvalue weighted by Crippen LogP contribution is -2.61. The Balaban J connectivity index is 1.72. The molecule has 4 rings (SSSR count). The summed E-state index contributed by atoms with van der Waals surface area (Å²) in [6.45, 7) is 11.3. The van der Waals surface area contributed by atoms with Gasteiger partial charge in [0.05, 0.1) is 0 Å². The fraction of sp³-hybridized carbons (Fsp3) is 0.857. The summed E-state index contributed by atoms with van der Waals surface area (Å²) in [7, 11) is 0. The molecule has 4 aliphatic carbocycles. The van der Waals surface area contributed by atoms with Crippen LogP contribution in [0.1, 0.15) is 72.1 Å². The van der Waals surface area contributed by atoms with Gasteiger partial charge < -0.3 is 5.11 Å². The summed E-state index contributed by atoms with van der Waals surface area (Å²) in [5.74, 6) is 1.39. The van der Waals surface area contributed by atoms with Gasteiger partial charge in [-0.25, -0.2) is 0 Å². The van der Waals surface area contributed by atoms with E-state index in [2.05, 4.69) is 33.4 Å². The maximum Gasteiger partial charge on any atom is 0.167 e. The van der Waals surface area contributed by atoms with Crippen LogP contribution >= 0.6 is 0 Å². The number of ketones is 1. The first kappa shape index (κ1) is 15.9. The van der Waals surface area contributed by atoms with Crippen molar-refractivity contribution in [3.63, 3.8) is 0 Å². The smallest absolute Gasteiger partial charge is 0.167 e. The van der Waals surface area contributed by atoms with Gasteiger partial charge in [-0.05, 0) is 79.4 Å². The van der Waals surface area contributed by atoms with Crippen LogP contribution in [-0.4, -0.2) is 17.0 Å². The first-order chi connectivity index (χ1) is 10.7.